The number of halogens is 1. The molecule has 2 aromatic carbocycles. The van der Waals surface area contributed by atoms with Crippen LogP contribution in [0.25, 0.3) is 20.8 Å². The van der Waals surface area contributed by atoms with Crippen molar-refractivity contribution in [3.63, 3.8) is 0 Å². The zero-order valence-corrected chi connectivity index (χ0v) is 11.3. The highest BCUT2D eigenvalue weighted by Gasteiger charge is 2.05. The second-order valence-corrected chi connectivity index (χ2v) is 5.77. The molecule has 3 aromatic rings. The smallest absolute Gasteiger partial charge is 0.124 e. The minimum Gasteiger partial charge on any atom is -0.236 e. The molecular formula is C13H8INS. The number of aromatic nitrogens is 1. The first-order valence-corrected chi connectivity index (χ1v) is 6.84. The number of benzene rings is 2. The molecule has 0 bridgehead atoms. The summed E-state index contributed by atoms with van der Waals surface area (Å²) in [5.74, 6) is 0. The zero-order valence-electron chi connectivity index (χ0n) is 8.35. The fraction of sp³-hybridized carbons (Fsp3) is 0. The van der Waals surface area contributed by atoms with Crippen LogP contribution in [0.1, 0.15) is 0 Å². The summed E-state index contributed by atoms with van der Waals surface area (Å²) in [6.45, 7) is 0. The standard InChI is InChI=1S/C13H8INS/c14-10-6-7-11-12(8-10)16-13(15-11)9-4-2-1-3-5-9/h1-8H. The minimum absolute atomic E-state index is 1.09. The third kappa shape index (κ3) is 1.85. The lowest BCUT2D eigenvalue weighted by atomic mass is 10.2. The van der Waals surface area contributed by atoms with Gasteiger partial charge in [0.05, 0.1) is 10.2 Å². The Morgan fingerprint density at radius 1 is 1.00 bits per heavy atom. The number of fused-ring (bicyclic) bond motifs is 1. The molecule has 0 unspecified atom stereocenters. The Labute approximate surface area is 111 Å². The first-order valence-electron chi connectivity index (χ1n) is 4.94. The summed E-state index contributed by atoms with van der Waals surface area (Å²) in [4.78, 5) is 4.64. The van der Waals surface area contributed by atoms with Crippen molar-refractivity contribution in [1.82, 2.24) is 4.98 Å². The Morgan fingerprint density at radius 3 is 2.62 bits per heavy atom. The molecule has 16 heavy (non-hydrogen) atoms. The second-order valence-electron chi connectivity index (χ2n) is 3.50. The number of nitrogens with zero attached hydrogens (tertiary/aromatic N) is 1. The molecule has 0 saturated heterocycles. The normalized spacial score (nSPS) is 10.8. The van der Waals surface area contributed by atoms with Crippen LogP contribution in [0, 0.1) is 3.57 Å². The Bertz CT molecular complexity index is 631. The average Bonchev–Trinajstić information content (AvgIpc) is 2.73. The summed E-state index contributed by atoms with van der Waals surface area (Å²) in [6, 6.07) is 16.7. The van der Waals surface area contributed by atoms with Gasteiger partial charge in [0.25, 0.3) is 0 Å². The molecule has 1 aromatic heterocycles. The van der Waals surface area contributed by atoms with Crippen molar-refractivity contribution >= 4 is 44.1 Å². The SMILES string of the molecule is Ic1ccc2nc(-c3ccccc3)sc2c1. The monoisotopic (exact) mass is 337 g/mol. The van der Waals surface area contributed by atoms with Gasteiger partial charge in [0.1, 0.15) is 5.01 Å². The van der Waals surface area contributed by atoms with Gasteiger partial charge in [0, 0.05) is 9.13 Å². The molecule has 3 heteroatoms. The van der Waals surface area contributed by atoms with E-state index in [1.54, 1.807) is 11.3 Å². The molecule has 0 atom stereocenters. The molecule has 3 rings (SSSR count). The minimum atomic E-state index is 1.09. The van der Waals surface area contributed by atoms with Gasteiger partial charge in [-0.1, -0.05) is 30.3 Å². The number of thiazole rings is 1. The van der Waals surface area contributed by atoms with Gasteiger partial charge in [-0.15, -0.1) is 11.3 Å². The summed E-state index contributed by atoms with van der Waals surface area (Å²) in [5.41, 5.74) is 2.28. The van der Waals surface area contributed by atoms with Crippen LogP contribution in [0.2, 0.25) is 0 Å². The topological polar surface area (TPSA) is 12.9 Å². The van der Waals surface area contributed by atoms with Gasteiger partial charge in [-0.2, -0.15) is 0 Å². The highest BCUT2D eigenvalue weighted by Crippen LogP contribution is 2.30. The van der Waals surface area contributed by atoms with E-state index < -0.39 is 0 Å². The quantitative estimate of drug-likeness (QED) is 0.593. The molecule has 0 aliphatic rings. The molecule has 0 amide bonds. The van der Waals surface area contributed by atoms with Crippen molar-refractivity contribution in [2.75, 3.05) is 0 Å². The fourth-order valence-electron chi connectivity index (χ4n) is 1.60. The van der Waals surface area contributed by atoms with Crippen LogP contribution in [0.5, 0.6) is 0 Å². The molecule has 0 saturated carbocycles. The Balaban J connectivity index is 2.19. The van der Waals surface area contributed by atoms with Gasteiger partial charge in [0.2, 0.25) is 0 Å². The van der Waals surface area contributed by atoms with E-state index in [0.29, 0.717) is 0 Å². The number of rotatable bonds is 1. The predicted octanol–water partition coefficient (Wildman–Crippen LogP) is 4.57. The summed E-state index contributed by atoms with van der Waals surface area (Å²) in [6.07, 6.45) is 0. The van der Waals surface area contributed by atoms with E-state index in [0.717, 1.165) is 10.5 Å². The molecular weight excluding hydrogens is 329 g/mol. The van der Waals surface area contributed by atoms with Crippen LogP contribution >= 0.6 is 33.9 Å². The maximum atomic E-state index is 4.64. The molecule has 0 aliphatic heterocycles. The summed E-state index contributed by atoms with van der Waals surface area (Å²) in [5, 5.41) is 1.10. The highest BCUT2D eigenvalue weighted by atomic mass is 127. The van der Waals surface area contributed by atoms with Crippen molar-refractivity contribution in [2.45, 2.75) is 0 Å². The summed E-state index contributed by atoms with van der Waals surface area (Å²) in [7, 11) is 0. The van der Waals surface area contributed by atoms with Gasteiger partial charge in [-0.3, -0.25) is 0 Å². The van der Waals surface area contributed by atoms with Gasteiger partial charge >= 0.3 is 0 Å². The molecule has 0 radical (unpaired) electrons. The van der Waals surface area contributed by atoms with Gasteiger partial charge in [-0.25, -0.2) is 4.98 Å². The maximum Gasteiger partial charge on any atom is 0.124 e. The molecule has 78 valence electrons. The summed E-state index contributed by atoms with van der Waals surface area (Å²) >= 11 is 4.08. The predicted molar refractivity (Wildman–Crippen MR) is 77.8 cm³/mol. The molecule has 0 aliphatic carbocycles. The van der Waals surface area contributed by atoms with E-state index in [9.17, 15) is 0 Å². The molecule has 1 heterocycles. The molecule has 0 N–H and O–H groups in total. The van der Waals surface area contributed by atoms with E-state index in [1.165, 1.54) is 13.8 Å². The Morgan fingerprint density at radius 2 is 1.81 bits per heavy atom. The first-order chi connectivity index (χ1) is 7.83. The van der Waals surface area contributed by atoms with Crippen LogP contribution in [-0.2, 0) is 0 Å². The average molecular weight is 337 g/mol. The largest absolute Gasteiger partial charge is 0.236 e. The number of hydrogen-bond acceptors (Lipinski definition) is 2. The van der Waals surface area contributed by atoms with Crippen molar-refractivity contribution < 1.29 is 0 Å². The van der Waals surface area contributed by atoms with Crippen LogP contribution < -0.4 is 0 Å². The van der Waals surface area contributed by atoms with Gasteiger partial charge in [-0.05, 0) is 40.8 Å². The van der Waals surface area contributed by atoms with E-state index in [4.69, 9.17) is 0 Å². The second kappa shape index (κ2) is 4.14. The van der Waals surface area contributed by atoms with Crippen molar-refractivity contribution in [1.29, 1.82) is 0 Å². The molecule has 0 spiro atoms. The van der Waals surface area contributed by atoms with Crippen LogP contribution in [-0.4, -0.2) is 4.98 Å². The van der Waals surface area contributed by atoms with Gasteiger partial charge in [0.15, 0.2) is 0 Å². The lowest BCUT2D eigenvalue weighted by molar-refractivity contribution is 1.47. The Hall–Kier alpha value is -0.940. The lowest BCUT2D eigenvalue weighted by Gasteiger charge is -1.92. The van der Waals surface area contributed by atoms with E-state index in [2.05, 4.69) is 57.9 Å². The molecule has 0 fully saturated rings. The lowest BCUT2D eigenvalue weighted by Crippen LogP contribution is -1.73. The fourth-order valence-corrected chi connectivity index (χ4v) is 3.32. The van der Waals surface area contributed by atoms with Crippen molar-refractivity contribution in [2.24, 2.45) is 0 Å². The van der Waals surface area contributed by atoms with Crippen LogP contribution in [0.3, 0.4) is 0 Å². The van der Waals surface area contributed by atoms with Crippen molar-refractivity contribution in [3.05, 3.63) is 52.1 Å². The third-order valence-electron chi connectivity index (χ3n) is 2.37. The van der Waals surface area contributed by atoms with E-state index in [-0.39, 0.29) is 0 Å². The van der Waals surface area contributed by atoms with E-state index >= 15 is 0 Å². The zero-order chi connectivity index (χ0) is 11.0. The van der Waals surface area contributed by atoms with Crippen molar-refractivity contribution in [3.8, 4) is 10.6 Å². The highest BCUT2D eigenvalue weighted by molar-refractivity contribution is 14.1. The van der Waals surface area contributed by atoms with Crippen LogP contribution in [0.4, 0.5) is 0 Å². The molecule has 1 nitrogen and oxygen atoms in total. The van der Waals surface area contributed by atoms with Crippen LogP contribution in [0.15, 0.2) is 48.5 Å². The Kier molecular flexibility index (Phi) is 2.65. The number of hydrogen-bond donors (Lipinski definition) is 0. The maximum absolute atomic E-state index is 4.64. The van der Waals surface area contributed by atoms with Gasteiger partial charge < -0.3 is 0 Å². The van der Waals surface area contributed by atoms with E-state index in [1.807, 2.05) is 18.2 Å². The first kappa shape index (κ1) is 10.2. The third-order valence-corrected chi connectivity index (χ3v) is 4.11. The summed E-state index contributed by atoms with van der Waals surface area (Å²) < 4.78 is 2.51.